The third kappa shape index (κ3) is 3.65. The molecule has 0 bridgehead atoms. The normalized spacial score (nSPS) is 10.2. The number of anilines is 2. The van der Waals surface area contributed by atoms with Crippen molar-refractivity contribution >= 4 is 44.8 Å². The quantitative estimate of drug-likeness (QED) is 0.635. The van der Waals surface area contributed by atoms with Crippen molar-refractivity contribution in [1.82, 2.24) is 4.98 Å². The van der Waals surface area contributed by atoms with Crippen molar-refractivity contribution in [1.29, 1.82) is 0 Å². The fourth-order valence-corrected chi connectivity index (χ4v) is 2.20. The molecular formula is C14H13BrClN3O2. The summed E-state index contributed by atoms with van der Waals surface area (Å²) in [7, 11) is 0. The van der Waals surface area contributed by atoms with Crippen molar-refractivity contribution < 1.29 is 9.53 Å². The topological polar surface area (TPSA) is 77.2 Å². The molecule has 0 aliphatic carbocycles. The van der Waals surface area contributed by atoms with Crippen LogP contribution in [0, 0.1) is 0 Å². The largest absolute Gasteiger partial charge is 0.493 e. The summed E-state index contributed by atoms with van der Waals surface area (Å²) in [4.78, 5) is 16.3. The molecule has 0 saturated carbocycles. The number of ether oxygens (including phenoxy) is 1. The van der Waals surface area contributed by atoms with Gasteiger partial charge in [-0.2, -0.15) is 0 Å². The third-order valence-corrected chi connectivity index (χ3v) is 3.77. The number of amides is 1. The Kier molecular flexibility index (Phi) is 5.03. The van der Waals surface area contributed by atoms with Gasteiger partial charge in [0.1, 0.15) is 16.5 Å². The first-order chi connectivity index (χ1) is 10.0. The average Bonchev–Trinajstić information content (AvgIpc) is 2.43. The Bertz CT molecular complexity index is 679. The van der Waals surface area contributed by atoms with Crippen LogP contribution >= 0.6 is 27.5 Å². The number of nitrogens with zero attached hydrogens (tertiary/aromatic N) is 1. The van der Waals surface area contributed by atoms with Gasteiger partial charge in [-0.05, 0) is 41.1 Å². The van der Waals surface area contributed by atoms with Gasteiger partial charge in [0.15, 0.2) is 0 Å². The Morgan fingerprint density at radius 3 is 2.95 bits per heavy atom. The minimum atomic E-state index is -0.368. The maximum absolute atomic E-state index is 12.4. The van der Waals surface area contributed by atoms with Gasteiger partial charge in [-0.3, -0.25) is 4.79 Å². The Labute approximate surface area is 135 Å². The standard InChI is InChI=1S/C14H13BrClN3O2/c1-2-21-11-5-3-4-10(17)12(11)14(20)19-8-6-9(15)13(16)18-7-8/h3-7H,2,17H2,1H3,(H,19,20). The SMILES string of the molecule is CCOc1cccc(N)c1C(=O)Nc1cnc(Cl)c(Br)c1. The van der Waals surface area contributed by atoms with Crippen LogP contribution in [-0.2, 0) is 0 Å². The second kappa shape index (κ2) is 6.78. The molecule has 7 heteroatoms. The lowest BCUT2D eigenvalue weighted by Crippen LogP contribution is -2.16. The van der Waals surface area contributed by atoms with E-state index in [2.05, 4.69) is 26.2 Å². The minimum absolute atomic E-state index is 0.297. The number of hydrogen-bond acceptors (Lipinski definition) is 4. The van der Waals surface area contributed by atoms with Gasteiger partial charge in [0, 0.05) is 5.69 Å². The van der Waals surface area contributed by atoms with Gasteiger partial charge in [-0.25, -0.2) is 4.98 Å². The number of hydrogen-bond donors (Lipinski definition) is 2. The minimum Gasteiger partial charge on any atom is -0.493 e. The van der Waals surface area contributed by atoms with Gasteiger partial charge in [0.25, 0.3) is 5.91 Å². The summed E-state index contributed by atoms with van der Waals surface area (Å²) >= 11 is 9.07. The molecule has 2 rings (SSSR count). The van der Waals surface area contributed by atoms with E-state index in [-0.39, 0.29) is 5.91 Å². The van der Waals surface area contributed by atoms with Crippen LogP contribution in [0.2, 0.25) is 5.15 Å². The fourth-order valence-electron chi connectivity index (χ4n) is 1.75. The molecule has 1 aromatic carbocycles. The lowest BCUT2D eigenvalue weighted by molar-refractivity contribution is 0.102. The first kappa shape index (κ1) is 15.6. The molecule has 1 amide bonds. The van der Waals surface area contributed by atoms with Gasteiger partial charge < -0.3 is 15.8 Å². The van der Waals surface area contributed by atoms with E-state index in [4.69, 9.17) is 22.1 Å². The Balaban J connectivity index is 2.29. The highest BCUT2D eigenvalue weighted by Crippen LogP contribution is 2.27. The zero-order valence-electron chi connectivity index (χ0n) is 11.2. The smallest absolute Gasteiger partial charge is 0.261 e. The predicted molar refractivity (Wildman–Crippen MR) is 86.9 cm³/mol. The maximum Gasteiger partial charge on any atom is 0.261 e. The zero-order chi connectivity index (χ0) is 15.4. The number of carbonyl (C=O) groups excluding carboxylic acids is 1. The second-order valence-corrected chi connectivity index (χ2v) is 5.32. The average molecular weight is 371 g/mol. The van der Waals surface area contributed by atoms with E-state index in [1.165, 1.54) is 6.20 Å². The summed E-state index contributed by atoms with van der Waals surface area (Å²) in [6, 6.07) is 6.74. The van der Waals surface area contributed by atoms with E-state index in [9.17, 15) is 4.79 Å². The zero-order valence-corrected chi connectivity index (χ0v) is 13.5. The van der Waals surface area contributed by atoms with Crippen molar-refractivity contribution in [3.8, 4) is 5.75 Å². The van der Waals surface area contributed by atoms with Gasteiger partial charge in [-0.15, -0.1) is 0 Å². The monoisotopic (exact) mass is 369 g/mol. The van der Waals surface area contributed by atoms with E-state index in [1.807, 2.05) is 6.92 Å². The third-order valence-electron chi connectivity index (χ3n) is 2.64. The second-order valence-electron chi connectivity index (χ2n) is 4.10. The molecule has 0 fully saturated rings. The molecule has 0 aliphatic rings. The highest BCUT2D eigenvalue weighted by atomic mass is 79.9. The number of rotatable bonds is 4. The highest BCUT2D eigenvalue weighted by Gasteiger charge is 2.16. The van der Waals surface area contributed by atoms with E-state index in [0.717, 1.165) is 0 Å². The van der Waals surface area contributed by atoms with Crippen LogP contribution < -0.4 is 15.8 Å². The lowest BCUT2D eigenvalue weighted by atomic mass is 10.1. The van der Waals surface area contributed by atoms with Crippen LogP contribution in [0.15, 0.2) is 34.9 Å². The van der Waals surface area contributed by atoms with Crippen LogP contribution in [-0.4, -0.2) is 17.5 Å². The summed E-state index contributed by atoms with van der Waals surface area (Å²) < 4.78 is 6.02. The molecule has 0 atom stereocenters. The number of pyridine rings is 1. The Morgan fingerprint density at radius 1 is 1.52 bits per heavy atom. The molecule has 21 heavy (non-hydrogen) atoms. The Morgan fingerprint density at radius 2 is 2.29 bits per heavy atom. The van der Waals surface area contributed by atoms with Crippen LogP contribution in [0.4, 0.5) is 11.4 Å². The van der Waals surface area contributed by atoms with Gasteiger partial charge >= 0.3 is 0 Å². The summed E-state index contributed by atoms with van der Waals surface area (Å²) in [5, 5.41) is 3.04. The number of halogens is 2. The van der Waals surface area contributed by atoms with Gasteiger partial charge in [0.05, 0.1) is 23.0 Å². The van der Waals surface area contributed by atoms with Crippen LogP contribution in [0.3, 0.4) is 0 Å². The molecule has 110 valence electrons. The molecule has 1 heterocycles. The molecule has 5 nitrogen and oxygen atoms in total. The van der Waals surface area contributed by atoms with Crippen molar-refractivity contribution in [2.45, 2.75) is 6.92 Å². The van der Waals surface area contributed by atoms with Crippen molar-refractivity contribution in [2.75, 3.05) is 17.7 Å². The van der Waals surface area contributed by atoms with Crippen LogP contribution in [0.5, 0.6) is 5.75 Å². The maximum atomic E-state index is 12.4. The lowest BCUT2D eigenvalue weighted by Gasteiger charge is -2.12. The van der Waals surface area contributed by atoms with E-state index < -0.39 is 0 Å². The first-order valence-corrected chi connectivity index (χ1v) is 7.33. The molecular weight excluding hydrogens is 358 g/mol. The molecule has 2 aromatic rings. The number of benzene rings is 1. The molecule has 0 unspecified atom stereocenters. The van der Waals surface area contributed by atoms with Crippen molar-refractivity contribution in [3.05, 3.63) is 45.7 Å². The Hall–Kier alpha value is -1.79. The van der Waals surface area contributed by atoms with Gasteiger partial charge in [0.2, 0.25) is 0 Å². The summed E-state index contributed by atoms with van der Waals surface area (Å²) in [6.07, 6.45) is 1.46. The molecule has 3 N–H and O–H groups in total. The van der Waals surface area contributed by atoms with Gasteiger partial charge in [-0.1, -0.05) is 17.7 Å². The van der Waals surface area contributed by atoms with Crippen molar-refractivity contribution in [3.63, 3.8) is 0 Å². The predicted octanol–water partition coefficient (Wildman–Crippen LogP) is 3.73. The number of nitrogens with one attached hydrogen (secondary N) is 1. The molecule has 0 spiro atoms. The number of carbonyl (C=O) groups is 1. The van der Waals surface area contributed by atoms with E-state index in [1.54, 1.807) is 24.3 Å². The molecule has 1 aromatic heterocycles. The van der Waals surface area contributed by atoms with E-state index >= 15 is 0 Å². The number of nitrogen functional groups attached to an aromatic ring is 1. The number of nitrogens with two attached hydrogens (primary N) is 1. The molecule has 0 aliphatic heterocycles. The summed E-state index contributed by atoms with van der Waals surface area (Å²) in [5.74, 6) is 0.0727. The van der Waals surface area contributed by atoms with Crippen LogP contribution in [0.25, 0.3) is 0 Å². The summed E-state index contributed by atoms with van der Waals surface area (Å²) in [5.41, 5.74) is 7.02. The van der Waals surface area contributed by atoms with E-state index in [0.29, 0.717) is 38.9 Å². The van der Waals surface area contributed by atoms with Crippen LogP contribution in [0.1, 0.15) is 17.3 Å². The molecule has 0 saturated heterocycles. The first-order valence-electron chi connectivity index (χ1n) is 6.16. The summed E-state index contributed by atoms with van der Waals surface area (Å²) in [6.45, 7) is 2.28. The molecule has 0 radical (unpaired) electrons. The highest BCUT2D eigenvalue weighted by molar-refractivity contribution is 9.10. The van der Waals surface area contributed by atoms with Crippen molar-refractivity contribution in [2.24, 2.45) is 0 Å². The number of aromatic nitrogens is 1. The fraction of sp³-hybridized carbons (Fsp3) is 0.143.